The van der Waals surface area contributed by atoms with Crippen LogP contribution in [0.1, 0.15) is 34.9 Å². The summed E-state index contributed by atoms with van der Waals surface area (Å²) >= 11 is 1.33. The van der Waals surface area contributed by atoms with Crippen LogP contribution in [0.5, 0.6) is 0 Å². The standard InChI is InChI=1S/C15H14FN3O2S/c16-10-4-2-1-3-9(10)14-11(5-6-13(20)19-14)18-15(21)12-7-22-8-17-12/h1-4,7-8,11,14H,5-6H2,(H,18,21)(H,19,20). The summed E-state index contributed by atoms with van der Waals surface area (Å²) in [6.07, 6.45) is 0.758. The third-order valence-electron chi connectivity index (χ3n) is 3.62. The molecule has 1 aliphatic heterocycles. The highest BCUT2D eigenvalue weighted by Gasteiger charge is 2.32. The molecule has 2 N–H and O–H groups in total. The van der Waals surface area contributed by atoms with E-state index in [1.807, 2.05) is 0 Å². The molecule has 0 aliphatic carbocycles. The second-order valence-electron chi connectivity index (χ2n) is 5.06. The molecular formula is C15H14FN3O2S. The van der Waals surface area contributed by atoms with Gasteiger partial charge in [-0.25, -0.2) is 9.37 Å². The summed E-state index contributed by atoms with van der Waals surface area (Å²) in [5.74, 6) is -0.862. The van der Waals surface area contributed by atoms with Crippen LogP contribution in [-0.2, 0) is 4.79 Å². The molecule has 2 atom stereocenters. The van der Waals surface area contributed by atoms with Crippen molar-refractivity contribution >= 4 is 23.2 Å². The Labute approximate surface area is 130 Å². The molecule has 22 heavy (non-hydrogen) atoms. The van der Waals surface area contributed by atoms with Gasteiger partial charge in [-0.1, -0.05) is 18.2 Å². The zero-order valence-electron chi connectivity index (χ0n) is 11.6. The average molecular weight is 319 g/mol. The van der Waals surface area contributed by atoms with Gasteiger partial charge in [0.25, 0.3) is 5.91 Å². The molecule has 2 heterocycles. The van der Waals surface area contributed by atoms with E-state index in [0.29, 0.717) is 24.1 Å². The molecule has 0 radical (unpaired) electrons. The van der Waals surface area contributed by atoms with Gasteiger partial charge in [0.2, 0.25) is 5.91 Å². The van der Waals surface area contributed by atoms with E-state index >= 15 is 0 Å². The number of piperidine rings is 1. The van der Waals surface area contributed by atoms with Gasteiger partial charge in [-0.15, -0.1) is 11.3 Å². The van der Waals surface area contributed by atoms with Crippen molar-refractivity contribution in [3.05, 3.63) is 52.2 Å². The summed E-state index contributed by atoms with van der Waals surface area (Å²) in [7, 11) is 0. The molecule has 0 saturated carbocycles. The van der Waals surface area contributed by atoms with Gasteiger partial charge in [-0.2, -0.15) is 0 Å². The fraction of sp³-hybridized carbons (Fsp3) is 0.267. The van der Waals surface area contributed by atoms with Crippen molar-refractivity contribution in [1.82, 2.24) is 15.6 Å². The van der Waals surface area contributed by atoms with E-state index in [9.17, 15) is 14.0 Å². The number of nitrogens with one attached hydrogen (secondary N) is 2. The molecule has 114 valence electrons. The first-order valence-corrected chi connectivity index (χ1v) is 7.82. The van der Waals surface area contributed by atoms with Gasteiger partial charge in [-0.05, 0) is 12.5 Å². The number of thiazole rings is 1. The van der Waals surface area contributed by atoms with Gasteiger partial charge in [0, 0.05) is 17.4 Å². The Bertz CT molecular complexity index is 690. The maximum Gasteiger partial charge on any atom is 0.271 e. The highest BCUT2D eigenvalue weighted by molar-refractivity contribution is 7.07. The summed E-state index contributed by atoms with van der Waals surface area (Å²) in [5, 5.41) is 7.25. The van der Waals surface area contributed by atoms with E-state index < -0.39 is 11.9 Å². The lowest BCUT2D eigenvalue weighted by atomic mass is 9.91. The molecule has 5 nitrogen and oxygen atoms in total. The van der Waals surface area contributed by atoms with Crippen LogP contribution in [0.4, 0.5) is 4.39 Å². The van der Waals surface area contributed by atoms with Crippen LogP contribution in [0, 0.1) is 5.82 Å². The number of carbonyl (C=O) groups excluding carboxylic acids is 2. The van der Waals surface area contributed by atoms with Crippen molar-refractivity contribution in [3.63, 3.8) is 0 Å². The first-order chi connectivity index (χ1) is 10.6. The molecule has 1 saturated heterocycles. The van der Waals surface area contributed by atoms with E-state index in [0.717, 1.165) is 0 Å². The van der Waals surface area contributed by atoms with Gasteiger partial charge >= 0.3 is 0 Å². The molecule has 1 fully saturated rings. The molecule has 1 aromatic carbocycles. The number of hydrogen-bond donors (Lipinski definition) is 2. The minimum atomic E-state index is -0.579. The zero-order valence-corrected chi connectivity index (χ0v) is 12.4. The largest absolute Gasteiger partial charge is 0.347 e. The molecule has 0 bridgehead atoms. The van der Waals surface area contributed by atoms with Gasteiger partial charge in [-0.3, -0.25) is 9.59 Å². The maximum atomic E-state index is 14.0. The number of carbonyl (C=O) groups is 2. The molecule has 1 aromatic heterocycles. The summed E-state index contributed by atoms with van der Waals surface area (Å²) in [4.78, 5) is 27.8. The van der Waals surface area contributed by atoms with E-state index in [1.165, 1.54) is 17.4 Å². The molecule has 7 heteroatoms. The van der Waals surface area contributed by atoms with E-state index in [-0.39, 0.29) is 17.9 Å². The SMILES string of the molecule is O=C1CCC(NC(=O)c2cscn2)C(c2ccccc2F)N1. The number of benzene rings is 1. The van der Waals surface area contributed by atoms with Gasteiger partial charge in [0.15, 0.2) is 0 Å². The number of halogens is 1. The maximum absolute atomic E-state index is 14.0. The normalized spacial score (nSPS) is 21.2. The lowest BCUT2D eigenvalue weighted by Gasteiger charge is -2.33. The summed E-state index contributed by atoms with van der Waals surface area (Å²) in [5.41, 5.74) is 2.28. The second-order valence-corrected chi connectivity index (χ2v) is 5.78. The van der Waals surface area contributed by atoms with Gasteiger partial charge < -0.3 is 10.6 Å². The fourth-order valence-electron chi connectivity index (χ4n) is 2.54. The van der Waals surface area contributed by atoms with Crippen molar-refractivity contribution < 1.29 is 14.0 Å². The molecule has 3 rings (SSSR count). The number of rotatable bonds is 3. The molecular weight excluding hydrogens is 305 g/mol. The van der Waals surface area contributed by atoms with Crippen LogP contribution >= 0.6 is 11.3 Å². The first kappa shape index (κ1) is 14.6. The zero-order chi connectivity index (χ0) is 15.5. The fourth-order valence-corrected chi connectivity index (χ4v) is 3.08. The Morgan fingerprint density at radius 3 is 2.95 bits per heavy atom. The van der Waals surface area contributed by atoms with Crippen molar-refractivity contribution in [3.8, 4) is 0 Å². The molecule has 2 unspecified atom stereocenters. The van der Waals surface area contributed by atoms with Crippen LogP contribution in [-0.4, -0.2) is 22.8 Å². The Kier molecular flexibility index (Phi) is 4.15. The third-order valence-corrected chi connectivity index (χ3v) is 4.21. The molecule has 2 amide bonds. The lowest BCUT2D eigenvalue weighted by molar-refractivity contribution is -0.123. The summed E-state index contributed by atoms with van der Waals surface area (Å²) < 4.78 is 14.0. The first-order valence-electron chi connectivity index (χ1n) is 6.88. The van der Waals surface area contributed by atoms with Gasteiger partial charge in [0.1, 0.15) is 11.5 Å². The van der Waals surface area contributed by atoms with Crippen molar-refractivity contribution in [2.75, 3.05) is 0 Å². The topological polar surface area (TPSA) is 71.1 Å². The summed E-state index contributed by atoms with van der Waals surface area (Å²) in [6, 6.07) is 5.31. The Balaban J connectivity index is 1.83. The third kappa shape index (κ3) is 2.99. The van der Waals surface area contributed by atoms with E-state index in [2.05, 4.69) is 15.6 Å². The number of amides is 2. The van der Waals surface area contributed by atoms with E-state index in [1.54, 1.807) is 29.1 Å². The van der Waals surface area contributed by atoms with Crippen LogP contribution in [0.25, 0.3) is 0 Å². The number of hydrogen-bond acceptors (Lipinski definition) is 4. The minimum absolute atomic E-state index is 0.146. The average Bonchev–Trinajstić information content (AvgIpc) is 3.04. The van der Waals surface area contributed by atoms with Crippen LogP contribution < -0.4 is 10.6 Å². The predicted molar refractivity (Wildman–Crippen MR) is 79.9 cm³/mol. The van der Waals surface area contributed by atoms with Crippen LogP contribution in [0.2, 0.25) is 0 Å². The predicted octanol–water partition coefficient (Wildman–Crippen LogP) is 2.03. The Morgan fingerprint density at radius 2 is 2.23 bits per heavy atom. The smallest absolute Gasteiger partial charge is 0.271 e. The highest BCUT2D eigenvalue weighted by Crippen LogP contribution is 2.26. The molecule has 0 spiro atoms. The van der Waals surface area contributed by atoms with Crippen molar-refractivity contribution in [2.45, 2.75) is 24.9 Å². The molecule has 1 aliphatic rings. The van der Waals surface area contributed by atoms with E-state index in [4.69, 9.17) is 0 Å². The Hall–Kier alpha value is -2.28. The number of nitrogens with zero attached hydrogens (tertiary/aromatic N) is 1. The monoisotopic (exact) mass is 319 g/mol. The van der Waals surface area contributed by atoms with Gasteiger partial charge in [0.05, 0.1) is 17.6 Å². The Morgan fingerprint density at radius 1 is 1.41 bits per heavy atom. The van der Waals surface area contributed by atoms with Crippen molar-refractivity contribution in [2.24, 2.45) is 0 Å². The highest BCUT2D eigenvalue weighted by atomic mass is 32.1. The summed E-state index contributed by atoms with van der Waals surface area (Å²) in [6.45, 7) is 0. The quantitative estimate of drug-likeness (QED) is 0.909. The lowest BCUT2D eigenvalue weighted by Crippen LogP contribution is -2.50. The second kappa shape index (κ2) is 6.23. The number of aromatic nitrogens is 1. The van der Waals surface area contributed by atoms with Crippen molar-refractivity contribution in [1.29, 1.82) is 0 Å². The molecule has 2 aromatic rings. The van der Waals surface area contributed by atoms with Crippen LogP contribution in [0.3, 0.4) is 0 Å². The minimum Gasteiger partial charge on any atom is -0.347 e. The van der Waals surface area contributed by atoms with Crippen LogP contribution in [0.15, 0.2) is 35.2 Å².